The molecule has 0 bridgehead atoms. The Kier molecular flexibility index (Phi) is 5.16. The summed E-state index contributed by atoms with van der Waals surface area (Å²) >= 11 is 0. The quantitative estimate of drug-likeness (QED) is 0.785. The van der Waals surface area contributed by atoms with Gasteiger partial charge in [0, 0.05) is 5.56 Å². The summed E-state index contributed by atoms with van der Waals surface area (Å²) in [6, 6.07) is 10.0. The lowest BCUT2D eigenvalue weighted by Crippen LogP contribution is -2.87. The molecule has 0 aliphatic carbocycles. The Balaban J connectivity index is 2.36. The third-order valence-corrected chi connectivity index (χ3v) is 2.41. The average Bonchev–Trinajstić information content (AvgIpc) is 2.36. The first-order valence-electron chi connectivity index (χ1n) is 5.39. The number of ether oxygens (including phenoxy) is 1. The van der Waals surface area contributed by atoms with Crippen LogP contribution in [0.4, 0.5) is 4.79 Å². The molecular formula is C12H17N2O3+. The molecule has 5 heteroatoms. The van der Waals surface area contributed by atoms with E-state index in [1.165, 1.54) is 7.11 Å². The van der Waals surface area contributed by atoms with Crippen molar-refractivity contribution in [1.29, 1.82) is 0 Å². The lowest BCUT2D eigenvalue weighted by atomic mass is 10.1. The molecular weight excluding hydrogens is 220 g/mol. The predicted octanol–water partition coefficient (Wildman–Crippen LogP) is 0.194. The molecule has 0 saturated heterocycles. The van der Waals surface area contributed by atoms with Gasteiger partial charge >= 0.3 is 6.09 Å². The minimum atomic E-state index is -0.726. The number of benzene rings is 1. The number of quaternary nitrogens is 1. The van der Waals surface area contributed by atoms with E-state index in [4.69, 9.17) is 0 Å². The van der Waals surface area contributed by atoms with Crippen LogP contribution in [0.5, 0.6) is 0 Å². The molecule has 3 N–H and O–H groups in total. The molecule has 0 aromatic heterocycles. The van der Waals surface area contributed by atoms with Gasteiger partial charge in [-0.2, -0.15) is 0 Å². The first-order chi connectivity index (χ1) is 8.13. The van der Waals surface area contributed by atoms with Gasteiger partial charge in [0.2, 0.25) is 0 Å². The van der Waals surface area contributed by atoms with Crippen LogP contribution < -0.4 is 10.6 Å². The number of rotatable bonds is 4. The van der Waals surface area contributed by atoms with Gasteiger partial charge in [0.1, 0.15) is 6.04 Å². The van der Waals surface area contributed by atoms with Gasteiger partial charge < -0.3 is 10.1 Å². The minimum absolute atomic E-state index is 0.166. The molecule has 17 heavy (non-hydrogen) atoms. The minimum Gasteiger partial charge on any atom is -0.453 e. The summed E-state index contributed by atoms with van der Waals surface area (Å²) in [6.07, 6.45) is -0.726. The third-order valence-electron chi connectivity index (χ3n) is 2.41. The van der Waals surface area contributed by atoms with Gasteiger partial charge in [0.25, 0.3) is 5.91 Å². The number of methoxy groups -OCH3 is 1. The van der Waals surface area contributed by atoms with Gasteiger partial charge in [-0.15, -0.1) is 0 Å². The normalized spacial score (nSPS) is 11.6. The number of hydrogen-bond donors (Lipinski definition) is 2. The molecule has 0 aliphatic heterocycles. The van der Waals surface area contributed by atoms with E-state index in [1.54, 1.807) is 0 Å². The topological polar surface area (TPSA) is 72.0 Å². The van der Waals surface area contributed by atoms with Crippen LogP contribution in [0.25, 0.3) is 0 Å². The molecule has 92 valence electrons. The first-order valence-corrected chi connectivity index (χ1v) is 5.39. The molecule has 2 amide bonds. The number of carbonyl (C=O) groups excluding carboxylic acids is 2. The first kappa shape index (κ1) is 13.2. The van der Waals surface area contributed by atoms with E-state index >= 15 is 0 Å². The predicted molar refractivity (Wildman–Crippen MR) is 62.2 cm³/mol. The van der Waals surface area contributed by atoms with Crippen LogP contribution in [0.1, 0.15) is 18.5 Å². The highest BCUT2D eigenvalue weighted by Crippen LogP contribution is 2.05. The van der Waals surface area contributed by atoms with E-state index < -0.39 is 6.09 Å². The highest BCUT2D eigenvalue weighted by molar-refractivity contribution is 5.92. The van der Waals surface area contributed by atoms with Crippen LogP contribution in [-0.4, -0.2) is 25.7 Å². The van der Waals surface area contributed by atoms with Gasteiger partial charge in [0.15, 0.2) is 6.54 Å². The summed E-state index contributed by atoms with van der Waals surface area (Å²) in [4.78, 5) is 22.1. The molecule has 1 aromatic carbocycles. The maximum absolute atomic E-state index is 11.3. The van der Waals surface area contributed by atoms with Crippen molar-refractivity contribution < 1.29 is 19.6 Å². The number of imide groups is 1. The van der Waals surface area contributed by atoms with Crippen molar-refractivity contribution >= 4 is 12.0 Å². The molecule has 0 spiro atoms. The van der Waals surface area contributed by atoms with E-state index in [0.717, 1.165) is 5.56 Å². The Labute approximate surface area is 100 Å². The number of nitrogens with one attached hydrogen (secondary N) is 1. The van der Waals surface area contributed by atoms with E-state index in [0.29, 0.717) is 0 Å². The second-order valence-electron chi connectivity index (χ2n) is 3.68. The summed E-state index contributed by atoms with van der Waals surface area (Å²) in [6.45, 7) is 2.19. The molecule has 0 saturated carbocycles. The van der Waals surface area contributed by atoms with Crippen molar-refractivity contribution in [1.82, 2.24) is 5.32 Å². The summed E-state index contributed by atoms with van der Waals surface area (Å²) in [7, 11) is 1.22. The summed E-state index contributed by atoms with van der Waals surface area (Å²) in [5.74, 6) is -0.361. The smallest absolute Gasteiger partial charge is 0.413 e. The van der Waals surface area contributed by atoms with Crippen molar-refractivity contribution in [3.05, 3.63) is 35.9 Å². The van der Waals surface area contributed by atoms with Crippen molar-refractivity contribution in [3.63, 3.8) is 0 Å². The number of carbonyl (C=O) groups is 2. The molecule has 0 aliphatic rings. The summed E-state index contributed by atoms with van der Waals surface area (Å²) in [5, 5.41) is 3.96. The SMILES string of the molecule is COC(=O)NC(=O)C[NH2+][C@@H](C)c1ccccc1. The Hall–Kier alpha value is -1.88. The van der Waals surface area contributed by atoms with E-state index in [2.05, 4.69) is 10.1 Å². The van der Waals surface area contributed by atoms with Crippen LogP contribution in [0.15, 0.2) is 30.3 Å². The maximum Gasteiger partial charge on any atom is 0.413 e. The number of amides is 2. The van der Waals surface area contributed by atoms with Crippen LogP contribution in [0.2, 0.25) is 0 Å². The van der Waals surface area contributed by atoms with E-state index in [9.17, 15) is 9.59 Å². The Morgan fingerprint density at radius 1 is 1.35 bits per heavy atom. The average molecular weight is 237 g/mol. The van der Waals surface area contributed by atoms with Gasteiger partial charge in [-0.1, -0.05) is 30.3 Å². The number of nitrogens with two attached hydrogens (primary N) is 1. The second-order valence-corrected chi connectivity index (χ2v) is 3.68. The molecule has 0 unspecified atom stereocenters. The van der Waals surface area contributed by atoms with E-state index in [-0.39, 0.29) is 18.5 Å². The largest absolute Gasteiger partial charge is 0.453 e. The Morgan fingerprint density at radius 2 is 2.00 bits per heavy atom. The fourth-order valence-electron chi connectivity index (χ4n) is 1.39. The van der Waals surface area contributed by atoms with Crippen LogP contribution >= 0.6 is 0 Å². The van der Waals surface area contributed by atoms with Crippen LogP contribution in [0, 0.1) is 0 Å². The van der Waals surface area contributed by atoms with Gasteiger partial charge in [-0.05, 0) is 6.92 Å². The van der Waals surface area contributed by atoms with Crippen molar-refractivity contribution in [3.8, 4) is 0 Å². The lowest BCUT2D eigenvalue weighted by molar-refractivity contribution is -0.682. The summed E-state index contributed by atoms with van der Waals surface area (Å²) in [5.41, 5.74) is 1.14. The molecule has 1 aromatic rings. The van der Waals surface area contributed by atoms with Gasteiger partial charge in [-0.3, -0.25) is 10.1 Å². The second kappa shape index (κ2) is 6.65. The highest BCUT2D eigenvalue weighted by atomic mass is 16.5. The fourth-order valence-corrected chi connectivity index (χ4v) is 1.39. The number of hydrogen-bond acceptors (Lipinski definition) is 3. The zero-order valence-corrected chi connectivity index (χ0v) is 9.97. The third kappa shape index (κ3) is 4.65. The number of alkyl carbamates (subject to hydrolysis) is 1. The zero-order valence-electron chi connectivity index (χ0n) is 9.97. The van der Waals surface area contributed by atoms with Crippen molar-refractivity contribution in [2.24, 2.45) is 0 Å². The van der Waals surface area contributed by atoms with Crippen molar-refractivity contribution in [2.75, 3.05) is 13.7 Å². The van der Waals surface area contributed by atoms with Gasteiger partial charge in [-0.25, -0.2) is 4.79 Å². The standard InChI is InChI=1S/C12H16N2O3/c1-9(10-6-4-3-5-7-10)13-8-11(15)14-12(16)17-2/h3-7,9,13H,8H2,1-2H3,(H,14,15,16)/p+1/t9-/m0/s1. The van der Waals surface area contributed by atoms with Crippen LogP contribution in [0.3, 0.4) is 0 Å². The maximum atomic E-state index is 11.3. The molecule has 1 atom stereocenters. The highest BCUT2D eigenvalue weighted by Gasteiger charge is 2.13. The van der Waals surface area contributed by atoms with Crippen molar-refractivity contribution in [2.45, 2.75) is 13.0 Å². The van der Waals surface area contributed by atoms with E-state index in [1.807, 2.05) is 42.6 Å². The van der Waals surface area contributed by atoms with Gasteiger partial charge in [0.05, 0.1) is 7.11 Å². The molecule has 5 nitrogen and oxygen atoms in total. The Morgan fingerprint density at radius 3 is 2.59 bits per heavy atom. The van der Waals surface area contributed by atoms with Crippen LogP contribution in [-0.2, 0) is 9.53 Å². The molecule has 0 heterocycles. The lowest BCUT2D eigenvalue weighted by Gasteiger charge is -2.10. The monoisotopic (exact) mass is 237 g/mol. The Bertz CT molecular complexity index is 379. The fraction of sp³-hybridized carbons (Fsp3) is 0.333. The molecule has 0 radical (unpaired) electrons. The summed E-state index contributed by atoms with van der Waals surface area (Å²) < 4.78 is 4.33. The zero-order chi connectivity index (χ0) is 12.7. The molecule has 1 rings (SSSR count). The molecule has 0 fully saturated rings.